The van der Waals surface area contributed by atoms with Gasteiger partial charge in [0.1, 0.15) is 11.5 Å². The third-order valence-corrected chi connectivity index (χ3v) is 3.65. The second-order valence-corrected chi connectivity index (χ2v) is 5.60. The van der Waals surface area contributed by atoms with Gasteiger partial charge in [-0.15, -0.1) is 0 Å². The Balaban J connectivity index is 1.95. The van der Waals surface area contributed by atoms with Crippen LogP contribution in [0.2, 0.25) is 5.02 Å². The van der Waals surface area contributed by atoms with Crippen LogP contribution < -0.4 is 4.90 Å². The molecule has 116 valence electrons. The number of amides is 1. The highest BCUT2D eigenvalue weighted by Crippen LogP contribution is 2.21. The summed E-state index contributed by atoms with van der Waals surface area (Å²) in [4.78, 5) is 18.6. The monoisotopic (exact) mass is 326 g/mol. The molecule has 2 aromatic heterocycles. The first-order valence-corrected chi connectivity index (χ1v) is 7.54. The SMILES string of the molecule is Cc1ccc(N(Cc2ccco2)C(=O)c2ccc(Cl)cn2)cc1. The molecule has 3 rings (SSSR count). The zero-order valence-electron chi connectivity index (χ0n) is 12.6. The molecule has 4 nitrogen and oxygen atoms in total. The molecule has 23 heavy (non-hydrogen) atoms. The van der Waals surface area contributed by atoms with Gasteiger partial charge in [-0.3, -0.25) is 9.69 Å². The van der Waals surface area contributed by atoms with Crippen LogP contribution in [0.3, 0.4) is 0 Å². The number of aryl methyl sites for hydroxylation is 1. The second-order valence-electron chi connectivity index (χ2n) is 5.17. The van der Waals surface area contributed by atoms with Crippen LogP contribution in [-0.2, 0) is 6.54 Å². The number of halogens is 1. The summed E-state index contributed by atoms with van der Waals surface area (Å²) >= 11 is 5.84. The molecule has 0 N–H and O–H groups in total. The maximum absolute atomic E-state index is 12.8. The fourth-order valence-electron chi connectivity index (χ4n) is 2.20. The summed E-state index contributed by atoms with van der Waals surface area (Å²) in [5.41, 5.74) is 2.25. The van der Waals surface area contributed by atoms with Gasteiger partial charge in [-0.1, -0.05) is 29.3 Å². The molecule has 0 atom stereocenters. The molecule has 3 aromatic rings. The fraction of sp³-hybridized carbons (Fsp3) is 0.111. The Morgan fingerprint density at radius 2 is 1.96 bits per heavy atom. The lowest BCUT2D eigenvalue weighted by Gasteiger charge is -2.21. The lowest BCUT2D eigenvalue weighted by atomic mass is 10.2. The number of aromatic nitrogens is 1. The highest BCUT2D eigenvalue weighted by atomic mass is 35.5. The number of pyridine rings is 1. The molecule has 0 bridgehead atoms. The number of furan rings is 1. The number of carbonyl (C=O) groups excluding carboxylic acids is 1. The van der Waals surface area contributed by atoms with Crippen LogP contribution >= 0.6 is 11.6 Å². The van der Waals surface area contributed by atoms with Crippen molar-refractivity contribution in [3.63, 3.8) is 0 Å². The van der Waals surface area contributed by atoms with Crippen molar-refractivity contribution >= 4 is 23.2 Å². The quantitative estimate of drug-likeness (QED) is 0.710. The number of nitrogens with zero attached hydrogens (tertiary/aromatic N) is 2. The van der Waals surface area contributed by atoms with Crippen molar-refractivity contribution < 1.29 is 9.21 Å². The Kier molecular flexibility index (Phi) is 4.44. The average molecular weight is 327 g/mol. The molecule has 0 fully saturated rings. The number of carbonyl (C=O) groups is 1. The summed E-state index contributed by atoms with van der Waals surface area (Å²) in [5.74, 6) is 0.495. The molecule has 0 spiro atoms. The van der Waals surface area contributed by atoms with Crippen molar-refractivity contribution in [1.82, 2.24) is 4.98 Å². The lowest BCUT2D eigenvalue weighted by molar-refractivity contribution is 0.0978. The molecule has 0 saturated heterocycles. The van der Waals surface area contributed by atoms with Crippen LogP contribution in [0.5, 0.6) is 0 Å². The molecule has 0 aliphatic rings. The lowest BCUT2D eigenvalue weighted by Crippen LogP contribution is -2.30. The van der Waals surface area contributed by atoms with E-state index in [2.05, 4.69) is 4.98 Å². The van der Waals surface area contributed by atoms with Crippen molar-refractivity contribution in [2.45, 2.75) is 13.5 Å². The average Bonchev–Trinajstić information content (AvgIpc) is 3.07. The number of hydrogen-bond acceptors (Lipinski definition) is 3. The Hall–Kier alpha value is -2.59. The van der Waals surface area contributed by atoms with E-state index >= 15 is 0 Å². The molecular weight excluding hydrogens is 312 g/mol. The Morgan fingerprint density at radius 1 is 1.17 bits per heavy atom. The summed E-state index contributed by atoms with van der Waals surface area (Å²) < 4.78 is 5.38. The number of hydrogen-bond donors (Lipinski definition) is 0. The van der Waals surface area contributed by atoms with E-state index in [9.17, 15) is 4.79 Å². The predicted molar refractivity (Wildman–Crippen MR) is 89.6 cm³/mol. The van der Waals surface area contributed by atoms with E-state index in [1.54, 1.807) is 29.4 Å². The number of benzene rings is 1. The molecule has 0 aliphatic carbocycles. The van der Waals surface area contributed by atoms with E-state index in [1.807, 2.05) is 37.3 Å². The first-order chi connectivity index (χ1) is 11.1. The fourth-order valence-corrected chi connectivity index (χ4v) is 2.32. The van der Waals surface area contributed by atoms with Crippen molar-refractivity contribution in [3.05, 3.63) is 83.0 Å². The van der Waals surface area contributed by atoms with Crippen LogP contribution in [0.1, 0.15) is 21.8 Å². The first-order valence-electron chi connectivity index (χ1n) is 7.16. The molecule has 0 aliphatic heterocycles. The van der Waals surface area contributed by atoms with Gasteiger partial charge in [0.2, 0.25) is 0 Å². The van der Waals surface area contributed by atoms with Crippen molar-refractivity contribution in [3.8, 4) is 0 Å². The highest BCUT2D eigenvalue weighted by Gasteiger charge is 2.20. The maximum atomic E-state index is 12.8. The minimum atomic E-state index is -0.207. The van der Waals surface area contributed by atoms with Crippen LogP contribution in [0.4, 0.5) is 5.69 Å². The van der Waals surface area contributed by atoms with E-state index in [1.165, 1.54) is 6.20 Å². The van der Waals surface area contributed by atoms with E-state index in [-0.39, 0.29) is 5.91 Å². The highest BCUT2D eigenvalue weighted by molar-refractivity contribution is 6.30. The molecule has 2 heterocycles. The summed E-state index contributed by atoms with van der Waals surface area (Å²) in [6.07, 6.45) is 3.06. The van der Waals surface area contributed by atoms with Gasteiger partial charge in [0.15, 0.2) is 0 Å². The summed E-state index contributed by atoms with van der Waals surface area (Å²) in [6.45, 7) is 2.34. The Morgan fingerprint density at radius 3 is 2.57 bits per heavy atom. The number of rotatable bonds is 4. The van der Waals surface area contributed by atoms with E-state index in [0.29, 0.717) is 23.0 Å². The predicted octanol–water partition coefficient (Wildman–Crippen LogP) is 4.48. The van der Waals surface area contributed by atoms with Gasteiger partial charge in [0.25, 0.3) is 5.91 Å². The molecule has 1 aromatic carbocycles. The van der Waals surface area contributed by atoms with Crippen molar-refractivity contribution in [1.29, 1.82) is 0 Å². The van der Waals surface area contributed by atoms with Crippen molar-refractivity contribution in [2.75, 3.05) is 4.90 Å². The third-order valence-electron chi connectivity index (χ3n) is 3.43. The molecule has 5 heteroatoms. The van der Waals surface area contributed by atoms with Crippen LogP contribution in [0, 0.1) is 6.92 Å². The summed E-state index contributed by atoms with van der Waals surface area (Å²) in [7, 11) is 0. The summed E-state index contributed by atoms with van der Waals surface area (Å²) in [6, 6.07) is 14.7. The van der Waals surface area contributed by atoms with Crippen LogP contribution in [0.15, 0.2) is 65.4 Å². The van der Waals surface area contributed by atoms with Gasteiger partial charge in [0, 0.05) is 11.9 Å². The van der Waals surface area contributed by atoms with Gasteiger partial charge in [0.05, 0.1) is 17.8 Å². The second kappa shape index (κ2) is 6.67. The number of anilines is 1. The van der Waals surface area contributed by atoms with Gasteiger partial charge < -0.3 is 4.42 Å². The summed E-state index contributed by atoms with van der Waals surface area (Å²) in [5, 5.41) is 0.495. The van der Waals surface area contributed by atoms with Gasteiger partial charge in [-0.05, 0) is 43.3 Å². The zero-order valence-corrected chi connectivity index (χ0v) is 13.3. The Bertz CT molecular complexity index is 781. The molecule has 1 amide bonds. The molecule has 0 radical (unpaired) electrons. The smallest absolute Gasteiger partial charge is 0.277 e. The van der Waals surface area contributed by atoms with Gasteiger partial charge in [-0.2, -0.15) is 0 Å². The standard InChI is InChI=1S/C18H15ClN2O2/c1-13-4-7-15(8-5-13)21(12-16-3-2-10-23-16)18(22)17-9-6-14(19)11-20-17/h2-11H,12H2,1H3. The van der Waals surface area contributed by atoms with E-state index < -0.39 is 0 Å². The minimum absolute atomic E-state index is 0.207. The Labute approximate surface area is 139 Å². The van der Waals surface area contributed by atoms with Crippen LogP contribution in [0.25, 0.3) is 0 Å². The van der Waals surface area contributed by atoms with E-state index in [4.69, 9.17) is 16.0 Å². The van der Waals surface area contributed by atoms with E-state index in [0.717, 1.165) is 11.3 Å². The minimum Gasteiger partial charge on any atom is -0.467 e. The molecule has 0 unspecified atom stereocenters. The largest absolute Gasteiger partial charge is 0.467 e. The molecule has 0 saturated carbocycles. The topological polar surface area (TPSA) is 46.3 Å². The first kappa shape index (κ1) is 15.3. The normalized spacial score (nSPS) is 10.5. The maximum Gasteiger partial charge on any atom is 0.277 e. The van der Waals surface area contributed by atoms with Crippen molar-refractivity contribution in [2.24, 2.45) is 0 Å². The van der Waals surface area contributed by atoms with Crippen LogP contribution in [-0.4, -0.2) is 10.9 Å². The molecular formula is C18H15ClN2O2. The zero-order chi connectivity index (χ0) is 16.2. The van der Waals surface area contributed by atoms with Gasteiger partial charge in [-0.25, -0.2) is 4.98 Å². The third kappa shape index (κ3) is 3.60. The van der Waals surface area contributed by atoms with Gasteiger partial charge >= 0.3 is 0 Å².